The molecule has 0 aromatic carbocycles. The molecule has 0 aromatic rings. The lowest BCUT2D eigenvalue weighted by Gasteiger charge is -2.12. The molecule has 2 N–H and O–H groups in total. The number of ether oxygens (including phenoxy) is 1. The summed E-state index contributed by atoms with van der Waals surface area (Å²) in [6, 6.07) is 0. The first-order valence-electron chi connectivity index (χ1n) is 4.73. The molecule has 0 aliphatic carbocycles. The monoisotopic (exact) mass is 225 g/mol. The third-order valence-corrected chi connectivity index (χ3v) is 1.98. The number of rotatable bonds is 7. The maximum Gasteiger partial charge on any atom is 0.265 e. The van der Waals surface area contributed by atoms with Crippen LogP contribution in [-0.4, -0.2) is 43.3 Å². The molecule has 6 heteroatoms. The van der Waals surface area contributed by atoms with Crippen molar-refractivity contribution >= 4 is 5.91 Å². The molecule has 90 valence electrons. The van der Waals surface area contributed by atoms with E-state index < -0.39 is 19.1 Å². The summed E-state index contributed by atoms with van der Waals surface area (Å²) in [7, 11) is 1.53. The van der Waals surface area contributed by atoms with Gasteiger partial charge in [-0.3, -0.25) is 4.79 Å². The predicted molar refractivity (Wildman–Crippen MR) is 50.7 cm³/mol. The van der Waals surface area contributed by atoms with E-state index in [0.29, 0.717) is 6.42 Å². The van der Waals surface area contributed by atoms with E-state index in [2.05, 4.69) is 5.32 Å². The summed E-state index contributed by atoms with van der Waals surface area (Å²) in [6.07, 6.45) is -3.95. The topological polar surface area (TPSA) is 58.6 Å². The number of alkyl halides is 2. The van der Waals surface area contributed by atoms with Crippen molar-refractivity contribution in [2.75, 3.05) is 13.7 Å². The van der Waals surface area contributed by atoms with E-state index in [1.54, 1.807) is 6.92 Å². The number of carbonyl (C=O) groups excluding carboxylic acids is 1. The van der Waals surface area contributed by atoms with Gasteiger partial charge in [0.2, 0.25) is 5.91 Å². The van der Waals surface area contributed by atoms with Gasteiger partial charge >= 0.3 is 0 Å². The Morgan fingerprint density at radius 2 is 2.13 bits per heavy atom. The van der Waals surface area contributed by atoms with Crippen LogP contribution in [0.25, 0.3) is 0 Å². The highest BCUT2D eigenvalue weighted by atomic mass is 19.3. The van der Waals surface area contributed by atoms with Crippen LogP contribution in [0.5, 0.6) is 0 Å². The highest BCUT2D eigenvalue weighted by molar-refractivity contribution is 5.75. The quantitative estimate of drug-likeness (QED) is 0.665. The van der Waals surface area contributed by atoms with Gasteiger partial charge in [-0.15, -0.1) is 0 Å². The minimum Gasteiger partial charge on any atom is -0.385 e. The SMILES string of the molecule is COC(C)CCC(=O)NCC(O)C(F)F. The molecule has 0 bridgehead atoms. The highest BCUT2D eigenvalue weighted by Gasteiger charge is 2.17. The minimum atomic E-state index is -2.83. The van der Waals surface area contributed by atoms with Crippen LogP contribution < -0.4 is 5.32 Å². The lowest BCUT2D eigenvalue weighted by atomic mass is 10.2. The zero-order valence-corrected chi connectivity index (χ0v) is 8.87. The van der Waals surface area contributed by atoms with E-state index in [-0.39, 0.29) is 18.4 Å². The molecule has 2 atom stereocenters. The summed E-state index contributed by atoms with van der Waals surface area (Å²) in [5.74, 6) is -0.362. The van der Waals surface area contributed by atoms with Crippen LogP contribution >= 0.6 is 0 Å². The van der Waals surface area contributed by atoms with E-state index >= 15 is 0 Å². The third-order valence-electron chi connectivity index (χ3n) is 1.98. The first-order chi connectivity index (χ1) is 6.97. The van der Waals surface area contributed by atoms with E-state index in [1.165, 1.54) is 7.11 Å². The van der Waals surface area contributed by atoms with Gasteiger partial charge in [-0.25, -0.2) is 8.78 Å². The number of aliphatic hydroxyl groups is 1. The average molecular weight is 225 g/mol. The number of amides is 1. The van der Waals surface area contributed by atoms with Crippen molar-refractivity contribution in [2.45, 2.75) is 38.4 Å². The van der Waals surface area contributed by atoms with Crippen molar-refractivity contribution in [1.29, 1.82) is 0 Å². The maximum atomic E-state index is 11.8. The molecule has 0 aliphatic heterocycles. The number of methoxy groups -OCH3 is 1. The summed E-state index contributed by atoms with van der Waals surface area (Å²) < 4.78 is 28.6. The Hall–Kier alpha value is -0.750. The summed E-state index contributed by atoms with van der Waals surface area (Å²) in [4.78, 5) is 11.1. The van der Waals surface area contributed by atoms with Crippen molar-refractivity contribution in [1.82, 2.24) is 5.32 Å². The third kappa shape index (κ3) is 7.21. The van der Waals surface area contributed by atoms with Crippen LogP contribution in [0.15, 0.2) is 0 Å². The average Bonchev–Trinajstić information content (AvgIpc) is 2.21. The Morgan fingerprint density at radius 3 is 2.60 bits per heavy atom. The highest BCUT2D eigenvalue weighted by Crippen LogP contribution is 2.01. The fourth-order valence-corrected chi connectivity index (χ4v) is 0.848. The molecule has 0 saturated carbocycles. The second-order valence-corrected chi connectivity index (χ2v) is 3.29. The van der Waals surface area contributed by atoms with Crippen molar-refractivity contribution in [2.24, 2.45) is 0 Å². The minimum absolute atomic E-state index is 0.0456. The fraction of sp³-hybridized carbons (Fsp3) is 0.889. The normalized spacial score (nSPS) is 15.1. The van der Waals surface area contributed by atoms with Crippen LogP contribution in [0, 0.1) is 0 Å². The van der Waals surface area contributed by atoms with Crippen molar-refractivity contribution < 1.29 is 23.4 Å². The zero-order chi connectivity index (χ0) is 11.8. The van der Waals surface area contributed by atoms with Crippen LogP contribution in [0.3, 0.4) is 0 Å². The molecule has 15 heavy (non-hydrogen) atoms. The lowest BCUT2D eigenvalue weighted by molar-refractivity contribution is -0.122. The molecule has 0 heterocycles. The van der Waals surface area contributed by atoms with E-state index in [1.807, 2.05) is 0 Å². The summed E-state index contributed by atoms with van der Waals surface area (Å²) >= 11 is 0. The van der Waals surface area contributed by atoms with Crippen LogP contribution in [0.1, 0.15) is 19.8 Å². The molecule has 0 saturated heterocycles. The number of hydrogen-bond donors (Lipinski definition) is 2. The molecule has 0 rings (SSSR count). The molecular weight excluding hydrogens is 208 g/mol. The van der Waals surface area contributed by atoms with Crippen molar-refractivity contribution in [3.63, 3.8) is 0 Å². The Balaban J connectivity index is 3.58. The van der Waals surface area contributed by atoms with Gasteiger partial charge in [-0.1, -0.05) is 0 Å². The summed E-state index contributed by atoms with van der Waals surface area (Å²) in [5, 5.41) is 10.9. The molecule has 2 unspecified atom stereocenters. The van der Waals surface area contributed by atoms with Gasteiger partial charge in [-0.2, -0.15) is 0 Å². The predicted octanol–water partition coefficient (Wildman–Crippen LogP) is 0.544. The second-order valence-electron chi connectivity index (χ2n) is 3.29. The van der Waals surface area contributed by atoms with Gasteiger partial charge < -0.3 is 15.2 Å². The maximum absolute atomic E-state index is 11.8. The van der Waals surface area contributed by atoms with Gasteiger partial charge in [-0.05, 0) is 13.3 Å². The Morgan fingerprint density at radius 1 is 1.53 bits per heavy atom. The first-order valence-corrected chi connectivity index (χ1v) is 4.73. The molecule has 1 amide bonds. The zero-order valence-electron chi connectivity index (χ0n) is 8.87. The van der Waals surface area contributed by atoms with Crippen LogP contribution in [0.2, 0.25) is 0 Å². The van der Waals surface area contributed by atoms with Gasteiger partial charge in [0.05, 0.1) is 6.10 Å². The summed E-state index contributed by atoms with van der Waals surface area (Å²) in [5.41, 5.74) is 0. The molecule has 0 spiro atoms. The number of aliphatic hydroxyl groups excluding tert-OH is 1. The van der Waals surface area contributed by atoms with Crippen molar-refractivity contribution in [3.8, 4) is 0 Å². The standard InChI is InChI=1S/C9H17F2NO3/c1-6(15-2)3-4-8(14)12-5-7(13)9(10)11/h6-7,9,13H,3-5H2,1-2H3,(H,12,14). The number of nitrogens with one attached hydrogen (secondary N) is 1. The fourth-order valence-electron chi connectivity index (χ4n) is 0.848. The van der Waals surface area contributed by atoms with E-state index in [0.717, 1.165) is 0 Å². The van der Waals surface area contributed by atoms with E-state index in [4.69, 9.17) is 9.84 Å². The van der Waals surface area contributed by atoms with Gasteiger partial charge in [0.25, 0.3) is 6.43 Å². The Bertz CT molecular complexity index is 190. The molecule has 0 radical (unpaired) electrons. The second kappa shape index (κ2) is 7.53. The van der Waals surface area contributed by atoms with Gasteiger partial charge in [0.15, 0.2) is 0 Å². The Kier molecular flexibility index (Phi) is 7.15. The van der Waals surface area contributed by atoms with Gasteiger partial charge in [0, 0.05) is 20.1 Å². The number of hydrogen-bond acceptors (Lipinski definition) is 3. The molecule has 4 nitrogen and oxygen atoms in total. The van der Waals surface area contributed by atoms with E-state index in [9.17, 15) is 13.6 Å². The lowest BCUT2D eigenvalue weighted by Crippen LogP contribution is -2.36. The summed E-state index contributed by atoms with van der Waals surface area (Å²) in [6.45, 7) is 1.39. The molecular formula is C9H17F2NO3. The molecule has 0 aliphatic rings. The van der Waals surface area contributed by atoms with Crippen LogP contribution in [-0.2, 0) is 9.53 Å². The smallest absolute Gasteiger partial charge is 0.265 e. The van der Waals surface area contributed by atoms with Gasteiger partial charge in [0.1, 0.15) is 6.10 Å². The van der Waals surface area contributed by atoms with Crippen molar-refractivity contribution in [3.05, 3.63) is 0 Å². The largest absolute Gasteiger partial charge is 0.385 e. The van der Waals surface area contributed by atoms with Crippen LogP contribution in [0.4, 0.5) is 8.78 Å². The Labute approximate surface area is 87.6 Å². The number of carbonyl (C=O) groups is 1. The first kappa shape index (κ1) is 14.2. The number of halogens is 2. The molecule has 0 fully saturated rings. The molecule has 0 aromatic heterocycles.